The fraction of sp³-hybridized carbons (Fsp3) is 0.292. The molecular formula is C24H24N4O3S. The first-order valence-electron chi connectivity index (χ1n) is 10.6. The summed E-state index contributed by atoms with van der Waals surface area (Å²) in [6, 6.07) is 15.6. The molecule has 0 saturated heterocycles. The smallest absolute Gasteiger partial charge is 0.258 e. The van der Waals surface area contributed by atoms with Crippen LogP contribution in [0.25, 0.3) is 17.0 Å². The van der Waals surface area contributed by atoms with Crippen LogP contribution in [0.3, 0.4) is 0 Å². The van der Waals surface area contributed by atoms with E-state index in [-0.39, 0.29) is 12.8 Å². The Hall–Kier alpha value is -3.39. The fourth-order valence-electron chi connectivity index (χ4n) is 4.02. The van der Waals surface area contributed by atoms with Crippen molar-refractivity contribution < 1.29 is 14.0 Å². The van der Waals surface area contributed by atoms with Crippen LogP contribution in [0.2, 0.25) is 0 Å². The maximum atomic E-state index is 5.79. The molecule has 0 amide bonds. The number of nitrogens with zero attached hydrogens (tertiary/aromatic N) is 3. The van der Waals surface area contributed by atoms with Crippen molar-refractivity contribution in [1.29, 1.82) is 0 Å². The van der Waals surface area contributed by atoms with Crippen molar-refractivity contribution in [2.45, 2.75) is 26.8 Å². The lowest BCUT2D eigenvalue weighted by molar-refractivity contribution is 0.174. The molecule has 1 unspecified atom stereocenters. The van der Waals surface area contributed by atoms with Crippen LogP contribution in [0.15, 0.2) is 58.8 Å². The third-order valence-electron chi connectivity index (χ3n) is 5.56. The highest BCUT2D eigenvalue weighted by Crippen LogP contribution is 2.39. The molecule has 164 valence electrons. The summed E-state index contributed by atoms with van der Waals surface area (Å²) in [5, 5.41) is 8.44. The highest BCUT2D eigenvalue weighted by Gasteiger charge is 2.34. The molecule has 0 aliphatic carbocycles. The minimum atomic E-state index is -0.183. The summed E-state index contributed by atoms with van der Waals surface area (Å²) in [6.07, 6.45) is 0. The lowest BCUT2D eigenvalue weighted by Crippen LogP contribution is -2.47. The quantitative estimate of drug-likeness (QED) is 0.559. The van der Waals surface area contributed by atoms with Gasteiger partial charge in [0.15, 0.2) is 16.6 Å². The fourth-order valence-corrected chi connectivity index (χ4v) is 4.35. The first-order valence-corrected chi connectivity index (χ1v) is 11.0. The molecule has 8 heteroatoms. The number of aromatic nitrogens is 2. The van der Waals surface area contributed by atoms with E-state index < -0.39 is 0 Å². The van der Waals surface area contributed by atoms with Crippen LogP contribution in [-0.2, 0) is 0 Å². The molecule has 2 aromatic carbocycles. The van der Waals surface area contributed by atoms with Gasteiger partial charge in [0, 0.05) is 17.8 Å². The van der Waals surface area contributed by atoms with Gasteiger partial charge in [0.1, 0.15) is 0 Å². The normalized spacial score (nSPS) is 17.8. The SMILES string of the molecule is CC1=C(c2nc(-c3ccc4c(c3)OCO4)no2)C(c2ccccc2)NC(=S)N1CC(C)C. The summed E-state index contributed by atoms with van der Waals surface area (Å²) in [7, 11) is 0. The third-order valence-corrected chi connectivity index (χ3v) is 5.90. The molecule has 1 aromatic heterocycles. The number of fused-ring (bicyclic) bond motifs is 1. The number of rotatable bonds is 5. The zero-order valence-corrected chi connectivity index (χ0v) is 19.0. The first-order chi connectivity index (χ1) is 15.5. The summed E-state index contributed by atoms with van der Waals surface area (Å²) in [5.41, 5.74) is 3.82. The maximum absolute atomic E-state index is 5.79. The van der Waals surface area contributed by atoms with Gasteiger partial charge >= 0.3 is 0 Å². The number of ether oxygens (including phenoxy) is 2. The van der Waals surface area contributed by atoms with Crippen molar-refractivity contribution in [2.24, 2.45) is 5.92 Å². The molecule has 3 heterocycles. The van der Waals surface area contributed by atoms with E-state index >= 15 is 0 Å². The zero-order chi connectivity index (χ0) is 22.2. The van der Waals surface area contributed by atoms with E-state index in [1.807, 2.05) is 36.4 Å². The molecule has 5 rings (SSSR count). The second kappa shape index (κ2) is 8.27. The summed E-state index contributed by atoms with van der Waals surface area (Å²) < 4.78 is 16.7. The van der Waals surface area contributed by atoms with Crippen LogP contribution >= 0.6 is 12.2 Å². The number of allylic oxidation sites excluding steroid dienone is 1. The van der Waals surface area contributed by atoms with Gasteiger partial charge in [-0.05, 0) is 48.8 Å². The second-order valence-electron chi connectivity index (χ2n) is 8.29. The minimum absolute atomic E-state index is 0.183. The molecule has 2 aliphatic rings. The predicted octanol–water partition coefficient (Wildman–Crippen LogP) is 4.78. The molecule has 0 radical (unpaired) electrons. The van der Waals surface area contributed by atoms with E-state index in [0.717, 1.165) is 34.7 Å². The van der Waals surface area contributed by atoms with Crippen LogP contribution in [0.4, 0.5) is 0 Å². The van der Waals surface area contributed by atoms with Gasteiger partial charge in [-0.25, -0.2) is 0 Å². The van der Waals surface area contributed by atoms with E-state index in [4.69, 9.17) is 31.2 Å². The average Bonchev–Trinajstić information content (AvgIpc) is 3.46. The number of benzene rings is 2. The first kappa shape index (κ1) is 20.5. The van der Waals surface area contributed by atoms with Gasteiger partial charge in [-0.3, -0.25) is 0 Å². The standard InChI is InChI=1S/C24H24N4O3S/c1-14(2)12-28-15(3)20(21(25-24(28)32)16-7-5-4-6-8-16)23-26-22(27-31-23)17-9-10-18-19(11-17)30-13-29-18/h4-11,14,21H,12-13H2,1-3H3,(H,25,32). The van der Waals surface area contributed by atoms with Gasteiger partial charge in [0.25, 0.3) is 5.89 Å². The Balaban J connectivity index is 1.58. The van der Waals surface area contributed by atoms with E-state index in [1.165, 1.54) is 0 Å². The van der Waals surface area contributed by atoms with Crippen molar-refractivity contribution in [3.05, 3.63) is 65.7 Å². The van der Waals surface area contributed by atoms with Crippen LogP contribution < -0.4 is 14.8 Å². The summed E-state index contributed by atoms with van der Waals surface area (Å²) >= 11 is 5.72. The van der Waals surface area contributed by atoms with Gasteiger partial charge in [0.2, 0.25) is 12.6 Å². The van der Waals surface area contributed by atoms with Crippen molar-refractivity contribution >= 4 is 22.9 Å². The molecule has 1 atom stereocenters. The van der Waals surface area contributed by atoms with Crippen molar-refractivity contribution in [1.82, 2.24) is 20.4 Å². The van der Waals surface area contributed by atoms with Gasteiger partial charge in [0.05, 0.1) is 11.6 Å². The Bertz CT molecular complexity index is 1190. The van der Waals surface area contributed by atoms with Gasteiger partial charge < -0.3 is 24.2 Å². The van der Waals surface area contributed by atoms with Crippen LogP contribution in [0.1, 0.15) is 38.3 Å². The second-order valence-corrected chi connectivity index (χ2v) is 8.67. The van der Waals surface area contributed by atoms with Crippen molar-refractivity contribution in [2.75, 3.05) is 13.3 Å². The molecule has 0 saturated carbocycles. The Morgan fingerprint density at radius 2 is 1.91 bits per heavy atom. The lowest BCUT2D eigenvalue weighted by Gasteiger charge is -2.38. The molecule has 2 aliphatic heterocycles. The highest BCUT2D eigenvalue weighted by molar-refractivity contribution is 7.80. The summed E-state index contributed by atoms with van der Waals surface area (Å²) in [6.45, 7) is 7.42. The van der Waals surface area contributed by atoms with Crippen molar-refractivity contribution in [3.8, 4) is 22.9 Å². The van der Waals surface area contributed by atoms with Crippen LogP contribution in [0, 0.1) is 5.92 Å². The predicted molar refractivity (Wildman–Crippen MR) is 125 cm³/mol. The molecule has 32 heavy (non-hydrogen) atoms. The van der Waals surface area contributed by atoms with E-state index in [9.17, 15) is 0 Å². The molecule has 0 fully saturated rings. The van der Waals surface area contributed by atoms with Gasteiger partial charge in [-0.1, -0.05) is 49.3 Å². The molecule has 7 nitrogen and oxygen atoms in total. The number of nitrogens with one attached hydrogen (secondary N) is 1. The van der Waals surface area contributed by atoms with E-state index in [1.54, 1.807) is 0 Å². The Morgan fingerprint density at radius 1 is 1.12 bits per heavy atom. The van der Waals surface area contributed by atoms with Gasteiger partial charge in [-0.2, -0.15) is 4.98 Å². The average molecular weight is 449 g/mol. The molecule has 1 N–H and O–H groups in total. The zero-order valence-electron chi connectivity index (χ0n) is 18.2. The highest BCUT2D eigenvalue weighted by atomic mass is 32.1. The molecule has 0 spiro atoms. The van der Waals surface area contributed by atoms with Crippen molar-refractivity contribution in [3.63, 3.8) is 0 Å². The Labute approximate surface area is 192 Å². The number of thiocarbonyl (C=S) groups is 1. The van der Waals surface area contributed by atoms with Gasteiger partial charge in [-0.15, -0.1) is 0 Å². The van der Waals surface area contributed by atoms with Crippen LogP contribution in [0.5, 0.6) is 11.5 Å². The number of hydrogen-bond donors (Lipinski definition) is 1. The summed E-state index contributed by atoms with van der Waals surface area (Å²) in [4.78, 5) is 6.86. The number of hydrogen-bond acceptors (Lipinski definition) is 6. The van der Waals surface area contributed by atoms with Crippen LogP contribution in [-0.4, -0.2) is 33.5 Å². The maximum Gasteiger partial charge on any atom is 0.258 e. The van der Waals surface area contributed by atoms with E-state index in [0.29, 0.717) is 28.5 Å². The Kier molecular flexibility index (Phi) is 5.30. The third kappa shape index (κ3) is 3.71. The topological polar surface area (TPSA) is 72.6 Å². The Morgan fingerprint density at radius 3 is 2.69 bits per heavy atom. The molecule has 3 aromatic rings. The largest absolute Gasteiger partial charge is 0.454 e. The van der Waals surface area contributed by atoms with E-state index in [2.05, 4.69) is 48.3 Å². The minimum Gasteiger partial charge on any atom is -0.454 e. The summed E-state index contributed by atoms with van der Waals surface area (Å²) in [5.74, 6) is 2.79. The monoisotopic (exact) mass is 448 g/mol. The molecule has 0 bridgehead atoms. The molecular weight excluding hydrogens is 424 g/mol. The lowest BCUT2D eigenvalue weighted by atomic mass is 9.94.